The highest BCUT2D eigenvalue weighted by Crippen LogP contribution is 2.32. The maximum absolute atomic E-state index is 14.1. The van der Waals surface area contributed by atoms with E-state index in [-0.39, 0.29) is 5.82 Å². The van der Waals surface area contributed by atoms with Crippen molar-refractivity contribution >= 4 is 5.97 Å². The Balaban J connectivity index is 1.99. The van der Waals surface area contributed by atoms with Gasteiger partial charge in [-0.3, -0.25) is 4.90 Å². The Hall–Kier alpha value is -1.42. The molecule has 1 atom stereocenters. The van der Waals surface area contributed by atoms with Crippen LogP contribution < -0.4 is 0 Å². The van der Waals surface area contributed by atoms with Crippen molar-refractivity contribution in [1.82, 2.24) is 4.90 Å². The van der Waals surface area contributed by atoms with Gasteiger partial charge in [0.15, 0.2) is 0 Å². The lowest BCUT2D eigenvalue weighted by atomic mass is 9.92. The molecule has 0 spiro atoms. The monoisotopic (exact) mass is 249 g/mol. The summed E-state index contributed by atoms with van der Waals surface area (Å²) >= 11 is 0. The Kier molecular flexibility index (Phi) is 2.82. The summed E-state index contributed by atoms with van der Waals surface area (Å²) in [5.74, 6) is -0.746. The summed E-state index contributed by atoms with van der Waals surface area (Å²) in [6.07, 6.45) is 3.20. The zero-order valence-corrected chi connectivity index (χ0v) is 10.4. The van der Waals surface area contributed by atoms with Crippen LogP contribution in [0.4, 0.5) is 4.39 Å². The van der Waals surface area contributed by atoms with Crippen molar-refractivity contribution in [3.05, 3.63) is 34.6 Å². The number of esters is 1. The first-order valence-corrected chi connectivity index (χ1v) is 6.32. The van der Waals surface area contributed by atoms with Gasteiger partial charge >= 0.3 is 5.97 Å². The summed E-state index contributed by atoms with van der Waals surface area (Å²) in [5.41, 5.74) is 2.04. The number of benzene rings is 1. The number of rotatable bonds is 1. The van der Waals surface area contributed by atoms with Gasteiger partial charge in [0.2, 0.25) is 0 Å². The minimum absolute atomic E-state index is 0.279. The summed E-state index contributed by atoms with van der Waals surface area (Å²) in [7, 11) is 1.32. The van der Waals surface area contributed by atoms with Crippen molar-refractivity contribution in [1.29, 1.82) is 0 Å². The molecule has 2 heterocycles. The van der Waals surface area contributed by atoms with Crippen molar-refractivity contribution in [2.75, 3.05) is 13.7 Å². The van der Waals surface area contributed by atoms with E-state index in [2.05, 4.69) is 9.64 Å². The third-order valence-corrected chi connectivity index (χ3v) is 4.02. The molecule has 0 amide bonds. The molecule has 3 nitrogen and oxygen atoms in total. The van der Waals surface area contributed by atoms with Crippen LogP contribution >= 0.6 is 0 Å². The van der Waals surface area contributed by atoms with Crippen LogP contribution in [0, 0.1) is 5.82 Å². The molecule has 4 heteroatoms. The second-order valence-corrected chi connectivity index (χ2v) is 5.06. The molecule has 3 rings (SSSR count). The number of carbonyl (C=O) groups excluding carboxylic acids is 1. The Labute approximate surface area is 106 Å². The Morgan fingerprint density at radius 3 is 3.11 bits per heavy atom. The number of hydrogen-bond donors (Lipinski definition) is 0. The molecule has 1 fully saturated rings. The maximum Gasteiger partial charge on any atom is 0.337 e. The third-order valence-electron chi connectivity index (χ3n) is 4.02. The van der Waals surface area contributed by atoms with Crippen molar-refractivity contribution < 1.29 is 13.9 Å². The van der Waals surface area contributed by atoms with E-state index in [4.69, 9.17) is 0 Å². The van der Waals surface area contributed by atoms with Gasteiger partial charge in [0.25, 0.3) is 0 Å². The molecule has 0 aliphatic carbocycles. The van der Waals surface area contributed by atoms with E-state index >= 15 is 0 Å². The van der Waals surface area contributed by atoms with Crippen LogP contribution in [0.5, 0.6) is 0 Å². The first-order valence-electron chi connectivity index (χ1n) is 6.32. The van der Waals surface area contributed by atoms with Crippen LogP contribution in [0.2, 0.25) is 0 Å². The molecule has 18 heavy (non-hydrogen) atoms. The van der Waals surface area contributed by atoms with E-state index in [0.29, 0.717) is 18.2 Å². The van der Waals surface area contributed by atoms with E-state index < -0.39 is 5.97 Å². The van der Waals surface area contributed by atoms with E-state index in [1.807, 2.05) is 0 Å². The average molecular weight is 249 g/mol. The zero-order chi connectivity index (χ0) is 12.7. The lowest BCUT2D eigenvalue weighted by molar-refractivity contribution is 0.0599. The van der Waals surface area contributed by atoms with Gasteiger partial charge in [-0.2, -0.15) is 0 Å². The fourth-order valence-corrected chi connectivity index (χ4v) is 3.08. The highest BCUT2D eigenvalue weighted by molar-refractivity contribution is 5.89. The maximum atomic E-state index is 14.1. The molecular weight excluding hydrogens is 233 g/mol. The smallest absolute Gasteiger partial charge is 0.337 e. The lowest BCUT2D eigenvalue weighted by Gasteiger charge is -2.31. The Bertz CT molecular complexity index is 501. The van der Waals surface area contributed by atoms with Crippen molar-refractivity contribution in [3.63, 3.8) is 0 Å². The van der Waals surface area contributed by atoms with Crippen LogP contribution in [0.25, 0.3) is 0 Å². The SMILES string of the molecule is COC(=O)c1cc(F)c2c(c1)CC1CCCN1C2. The van der Waals surface area contributed by atoms with Gasteiger partial charge < -0.3 is 4.74 Å². The molecule has 1 saturated heterocycles. The first kappa shape index (κ1) is 11.7. The standard InChI is InChI=1S/C14H16FNO2/c1-18-14(17)10-5-9-6-11-3-2-4-16(11)8-12(9)13(15)7-10/h5,7,11H,2-4,6,8H2,1H3. The molecule has 1 aromatic rings. The van der Waals surface area contributed by atoms with E-state index in [1.165, 1.54) is 26.0 Å². The first-order chi connectivity index (χ1) is 8.69. The molecule has 0 saturated carbocycles. The molecule has 0 radical (unpaired) electrons. The molecule has 1 aromatic carbocycles. The van der Waals surface area contributed by atoms with Crippen molar-refractivity contribution in [3.8, 4) is 0 Å². The summed E-state index contributed by atoms with van der Waals surface area (Å²) in [5, 5.41) is 0. The molecular formula is C14H16FNO2. The quantitative estimate of drug-likeness (QED) is 0.714. The second kappa shape index (κ2) is 4.35. The number of halogens is 1. The minimum atomic E-state index is -0.467. The van der Waals surface area contributed by atoms with Crippen LogP contribution in [-0.2, 0) is 17.7 Å². The molecule has 0 N–H and O–H groups in total. The van der Waals surface area contributed by atoms with Crippen LogP contribution in [0.3, 0.4) is 0 Å². The largest absolute Gasteiger partial charge is 0.465 e. The third kappa shape index (κ3) is 1.81. The molecule has 0 bridgehead atoms. The molecule has 1 unspecified atom stereocenters. The lowest BCUT2D eigenvalue weighted by Crippen LogP contribution is -2.36. The summed E-state index contributed by atoms with van der Waals surface area (Å²) in [6, 6.07) is 3.60. The van der Waals surface area contributed by atoms with Gasteiger partial charge in [0.1, 0.15) is 5.82 Å². The number of ether oxygens (including phenoxy) is 1. The molecule has 0 aromatic heterocycles. The second-order valence-electron chi connectivity index (χ2n) is 5.06. The summed E-state index contributed by atoms with van der Waals surface area (Å²) < 4.78 is 18.7. The molecule has 2 aliphatic rings. The van der Waals surface area contributed by atoms with E-state index in [0.717, 1.165) is 24.1 Å². The van der Waals surface area contributed by atoms with Gasteiger partial charge in [-0.15, -0.1) is 0 Å². The van der Waals surface area contributed by atoms with Gasteiger partial charge in [0.05, 0.1) is 12.7 Å². The predicted octanol–water partition coefficient (Wildman–Crippen LogP) is 2.13. The normalized spacial score (nSPS) is 22.4. The van der Waals surface area contributed by atoms with Crippen molar-refractivity contribution in [2.24, 2.45) is 0 Å². The highest BCUT2D eigenvalue weighted by Gasteiger charge is 2.31. The van der Waals surface area contributed by atoms with Crippen LogP contribution in [0.1, 0.15) is 34.3 Å². The number of hydrogen-bond acceptors (Lipinski definition) is 3. The Morgan fingerprint density at radius 2 is 2.33 bits per heavy atom. The van der Waals surface area contributed by atoms with E-state index in [1.54, 1.807) is 6.07 Å². The number of nitrogens with zero attached hydrogens (tertiary/aromatic N) is 1. The Morgan fingerprint density at radius 1 is 1.50 bits per heavy atom. The average Bonchev–Trinajstić information content (AvgIpc) is 2.82. The minimum Gasteiger partial charge on any atom is -0.465 e. The summed E-state index contributed by atoms with van der Waals surface area (Å²) in [4.78, 5) is 13.8. The number of fused-ring (bicyclic) bond motifs is 2. The molecule has 2 aliphatic heterocycles. The van der Waals surface area contributed by atoms with Crippen LogP contribution in [-0.4, -0.2) is 30.6 Å². The van der Waals surface area contributed by atoms with Gasteiger partial charge in [-0.05, 0) is 43.5 Å². The van der Waals surface area contributed by atoms with E-state index in [9.17, 15) is 9.18 Å². The summed E-state index contributed by atoms with van der Waals surface area (Å²) in [6.45, 7) is 1.73. The van der Waals surface area contributed by atoms with Gasteiger partial charge in [-0.25, -0.2) is 9.18 Å². The van der Waals surface area contributed by atoms with Crippen LogP contribution in [0.15, 0.2) is 12.1 Å². The molecule has 96 valence electrons. The number of methoxy groups -OCH3 is 1. The predicted molar refractivity (Wildman–Crippen MR) is 64.9 cm³/mol. The van der Waals surface area contributed by atoms with Gasteiger partial charge in [0, 0.05) is 18.2 Å². The highest BCUT2D eigenvalue weighted by atomic mass is 19.1. The fourth-order valence-electron chi connectivity index (χ4n) is 3.08. The van der Waals surface area contributed by atoms with Crippen molar-refractivity contribution in [2.45, 2.75) is 31.8 Å². The van der Waals surface area contributed by atoms with Gasteiger partial charge in [-0.1, -0.05) is 0 Å². The topological polar surface area (TPSA) is 29.5 Å². The zero-order valence-electron chi connectivity index (χ0n) is 10.4. The fraction of sp³-hybridized carbons (Fsp3) is 0.500. The number of carbonyl (C=O) groups is 1.